The van der Waals surface area contributed by atoms with Crippen LogP contribution in [0.2, 0.25) is 0 Å². The number of methoxy groups -OCH3 is 1. The number of aromatic nitrogens is 3. The van der Waals surface area contributed by atoms with E-state index in [9.17, 15) is 15.2 Å². The molecule has 3 aromatic rings. The van der Waals surface area contributed by atoms with Crippen LogP contribution in [0.5, 0.6) is 5.75 Å². The molecule has 1 atom stereocenters. The van der Waals surface area contributed by atoms with Gasteiger partial charge >= 0.3 is 0 Å². The van der Waals surface area contributed by atoms with E-state index < -0.39 is 18.0 Å². The van der Waals surface area contributed by atoms with Gasteiger partial charge in [0.25, 0.3) is 0 Å². The van der Waals surface area contributed by atoms with E-state index in [-0.39, 0.29) is 17.9 Å². The summed E-state index contributed by atoms with van der Waals surface area (Å²) in [5.74, 6) is 0.271. The number of carbonyl (C=O) groups excluding carboxylic acids is 1. The zero-order valence-electron chi connectivity index (χ0n) is 21.1. The van der Waals surface area contributed by atoms with Crippen molar-refractivity contribution in [2.75, 3.05) is 45.2 Å². The summed E-state index contributed by atoms with van der Waals surface area (Å²) in [5, 5.41) is 25.5. The van der Waals surface area contributed by atoms with Gasteiger partial charge in [0.2, 0.25) is 11.7 Å². The van der Waals surface area contributed by atoms with Gasteiger partial charge in [0.1, 0.15) is 18.4 Å². The van der Waals surface area contributed by atoms with Gasteiger partial charge in [0.05, 0.1) is 34.9 Å². The highest BCUT2D eigenvalue weighted by atomic mass is 16.5. The maximum Gasteiger partial charge on any atom is 0.227 e. The minimum Gasteiger partial charge on any atom is -0.477 e. The first-order chi connectivity index (χ1) is 18.5. The Morgan fingerprint density at radius 3 is 2.84 bits per heavy atom. The summed E-state index contributed by atoms with van der Waals surface area (Å²) < 4.78 is 11.3. The molecule has 11 heteroatoms. The van der Waals surface area contributed by atoms with E-state index in [0.717, 1.165) is 31.0 Å². The van der Waals surface area contributed by atoms with E-state index in [4.69, 9.17) is 9.47 Å². The van der Waals surface area contributed by atoms with Crippen molar-refractivity contribution >= 4 is 17.4 Å². The number of ether oxygens (including phenoxy) is 2. The summed E-state index contributed by atoms with van der Waals surface area (Å²) >= 11 is 0. The molecule has 3 N–H and O–H groups in total. The fourth-order valence-electron chi connectivity index (χ4n) is 4.60. The summed E-state index contributed by atoms with van der Waals surface area (Å²) in [6.07, 6.45) is 4.12. The number of benzene rings is 1. The summed E-state index contributed by atoms with van der Waals surface area (Å²) in [6, 6.07) is 12.9. The van der Waals surface area contributed by atoms with E-state index in [0.29, 0.717) is 36.3 Å². The number of aliphatic hydroxyl groups is 1. The highest BCUT2D eigenvalue weighted by molar-refractivity contribution is 5.89. The number of hydrogen-bond donors (Lipinski definition) is 3. The zero-order valence-corrected chi connectivity index (χ0v) is 21.1. The molecule has 0 amide bonds. The van der Waals surface area contributed by atoms with Crippen molar-refractivity contribution in [1.82, 2.24) is 25.2 Å². The van der Waals surface area contributed by atoms with Crippen molar-refractivity contribution in [3.8, 4) is 23.1 Å². The van der Waals surface area contributed by atoms with Crippen molar-refractivity contribution in [3.63, 3.8) is 0 Å². The molecule has 2 aliphatic rings. The van der Waals surface area contributed by atoms with Crippen LogP contribution in [-0.4, -0.2) is 82.3 Å². The third-order valence-corrected chi connectivity index (χ3v) is 6.85. The number of nitriles is 1. The Labute approximate surface area is 220 Å². The standard InChI is InChI=1S/C27H29N7O4/c1-37-22-14-34(15-22)13-21-4-3-20(12-31-21)32-26-30-8-6-23(33-26)18-2-5-24(19(10-18)11-28)38-27(25(36)16-35)7-9-29-17-27/h2-6,8,10,12,22,29,35H,7,9,13-17H2,1H3,(H,30,32,33)/t27-/m1/s1. The van der Waals surface area contributed by atoms with Gasteiger partial charge in [-0.05, 0) is 42.9 Å². The number of Topliss-reactive ketones (excluding diaryl/α,β-unsaturated/α-hetero) is 1. The number of aliphatic hydroxyl groups excluding tert-OH is 1. The minimum absolute atomic E-state index is 0.270. The SMILES string of the molecule is COC1CN(Cc2ccc(Nc3nccc(-c4ccc(O[C@]5(C(=O)CO)CCNC5)c(C#N)c4)n3)cn2)C1. The van der Waals surface area contributed by atoms with E-state index in [2.05, 4.69) is 36.6 Å². The summed E-state index contributed by atoms with van der Waals surface area (Å²) in [4.78, 5) is 28.1. The van der Waals surface area contributed by atoms with Gasteiger partial charge in [-0.15, -0.1) is 0 Å². The van der Waals surface area contributed by atoms with Gasteiger partial charge in [0, 0.05) is 51.5 Å². The number of likely N-dealkylation sites (tertiary alicyclic amines) is 1. The molecule has 4 heterocycles. The normalized spacial score (nSPS) is 19.5. The average Bonchev–Trinajstić information content (AvgIpc) is 3.41. The predicted octanol–water partition coefficient (Wildman–Crippen LogP) is 1.66. The van der Waals surface area contributed by atoms with Crippen molar-refractivity contribution in [2.45, 2.75) is 24.7 Å². The maximum absolute atomic E-state index is 12.4. The van der Waals surface area contributed by atoms with Crippen LogP contribution >= 0.6 is 0 Å². The van der Waals surface area contributed by atoms with Crippen LogP contribution in [0.1, 0.15) is 17.7 Å². The van der Waals surface area contributed by atoms with Crippen LogP contribution < -0.4 is 15.4 Å². The van der Waals surface area contributed by atoms with E-state index in [1.54, 1.807) is 43.8 Å². The van der Waals surface area contributed by atoms with Crippen LogP contribution in [0.25, 0.3) is 11.3 Å². The maximum atomic E-state index is 12.4. The largest absolute Gasteiger partial charge is 0.477 e. The summed E-state index contributed by atoms with van der Waals surface area (Å²) in [5.41, 5.74) is 2.13. The monoisotopic (exact) mass is 515 g/mol. The average molecular weight is 516 g/mol. The molecule has 0 spiro atoms. The molecule has 196 valence electrons. The molecule has 2 aromatic heterocycles. The highest BCUT2D eigenvalue weighted by Gasteiger charge is 2.43. The quantitative estimate of drug-likeness (QED) is 0.362. The Hall–Kier alpha value is -3.95. The molecule has 38 heavy (non-hydrogen) atoms. The Bertz CT molecular complexity index is 1330. The van der Waals surface area contributed by atoms with Crippen LogP contribution in [0, 0.1) is 11.3 Å². The van der Waals surface area contributed by atoms with Crippen LogP contribution in [0.15, 0.2) is 48.8 Å². The molecule has 2 fully saturated rings. The number of carbonyl (C=O) groups is 1. The lowest BCUT2D eigenvalue weighted by atomic mass is 9.97. The van der Waals surface area contributed by atoms with Crippen molar-refractivity contribution in [3.05, 3.63) is 60.0 Å². The number of ketones is 1. The Morgan fingerprint density at radius 1 is 1.29 bits per heavy atom. The number of anilines is 2. The number of rotatable bonds is 10. The summed E-state index contributed by atoms with van der Waals surface area (Å²) in [6.45, 7) is 2.86. The first-order valence-corrected chi connectivity index (χ1v) is 12.4. The number of pyridine rings is 1. The lowest BCUT2D eigenvalue weighted by molar-refractivity contribution is -0.136. The molecule has 0 aliphatic carbocycles. The third kappa shape index (κ3) is 5.49. The Balaban J connectivity index is 1.28. The number of nitrogens with zero attached hydrogens (tertiary/aromatic N) is 5. The lowest BCUT2D eigenvalue weighted by Gasteiger charge is -2.37. The van der Waals surface area contributed by atoms with Crippen LogP contribution in [0.4, 0.5) is 11.6 Å². The van der Waals surface area contributed by atoms with Crippen LogP contribution in [-0.2, 0) is 16.1 Å². The second-order valence-corrected chi connectivity index (χ2v) is 9.41. The zero-order chi connectivity index (χ0) is 26.5. The van der Waals surface area contributed by atoms with E-state index >= 15 is 0 Å². The topological polar surface area (TPSA) is 146 Å². The third-order valence-electron chi connectivity index (χ3n) is 6.85. The Kier molecular flexibility index (Phi) is 7.57. The van der Waals surface area contributed by atoms with Gasteiger partial charge in [-0.25, -0.2) is 9.97 Å². The fourth-order valence-corrected chi connectivity index (χ4v) is 4.60. The van der Waals surface area contributed by atoms with Crippen molar-refractivity contribution in [2.24, 2.45) is 0 Å². The minimum atomic E-state index is -1.18. The van der Waals surface area contributed by atoms with E-state index in [1.165, 1.54) is 0 Å². The second-order valence-electron chi connectivity index (χ2n) is 9.41. The Morgan fingerprint density at radius 2 is 2.16 bits per heavy atom. The smallest absolute Gasteiger partial charge is 0.227 e. The second kappa shape index (κ2) is 11.2. The molecule has 0 unspecified atom stereocenters. The molecule has 5 rings (SSSR count). The molecule has 0 saturated carbocycles. The summed E-state index contributed by atoms with van der Waals surface area (Å²) in [7, 11) is 1.73. The van der Waals surface area contributed by atoms with Gasteiger partial charge in [-0.3, -0.25) is 14.7 Å². The van der Waals surface area contributed by atoms with Gasteiger partial charge in [-0.1, -0.05) is 0 Å². The first-order valence-electron chi connectivity index (χ1n) is 12.4. The number of nitrogens with one attached hydrogen (secondary N) is 2. The molecule has 2 aliphatic heterocycles. The van der Waals surface area contributed by atoms with E-state index in [1.807, 2.05) is 12.1 Å². The van der Waals surface area contributed by atoms with Gasteiger partial charge in [0.15, 0.2) is 5.60 Å². The molecular formula is C27H29N7O4. The lowest BCUT2D eigenvalue weighted by Crippen LogP contribution is -2.51. The van der Waals surface area contributed by atoms with Crippen molar-refractivity contribution in [1.29, 1.82) is 5.26 Å². The molecule has 11 nitrogen and oxygen atoms in total. The fraction of sp³-hybridized carbons (Fsp3) is 0.370. The molecule has 0 radical (unpaired) electrons. The molecule has 2 saturated heterocycles. The number of hydrogen-bond acceptors (Lipinski definition) is 11. The highest BCUT2D eigenvalue weighted by Crippen LogP contribution is 2.31. The molecule has 0 bridgehead atoms. The van der Waals surface area contributed by atoms with Crippen molar-refractivity contribution < 1.29 is 19.4 Å². The van der Waals surface area contributed by atoms with Gasteiger partial charge in [-0.2, -0.15) is 5.26 Å². The van der Waals surface area contributed by atoms with Crippen LogP contribution in [0.3, 0.4) is 0 Å². The predicted molar refractivity (Wildman–Crippen MR) is 139 cm³/mol. The molecule has 1 aromatic carbocycles. The first kappa shape index (κ1) is 25.7. The molecular weight excluding hydrogens is 486 g/mol. The van der Waals surface area contributed by atoms with Gasteiger partial charge < -0.3 is 25.2 Å².